The van der Waals surface area contributed by atoms with Gasteiger partial charge in [-0.3, -0.25) is 0 Å². The third-order valence-electron chi connectivity index (χ3n) is 3.03. The minimum Gasteiger partial charge on any atom is -0.397 e. The molecule has 1 aliphatic heterocycles. The summed E-state index contributed by atoms with van der Waals surface area (Å²) in [4.78, 5) is 0. The third-order valence-corrected chi connectivity index (χ3v) is 5.76. The second kappa shape index (κ2) is 4.52. The third kappa shape index (κ3) is 2.87. The van der Waals surface area contributed by atoms with Crippen molar-refractivity contribution in [2.45, 2.75) is 18.9 Å². The van der Waals surface area contributed by atoms with E-state index < -0.39 is 15.4 Å². The first-order valence-electron chi connectivity index (χ1n) is 5.44. The lowest BCUT2D eigenvalue weighted by atomic mass is 10.0. The molecule has 1 unspecified atom stereocenters. The average molecular weight is 384 g/mol. The lowest BCUT2D eigenvalue weighted by Crippen LogP contribution is -2.36. The van der Waals surface area contributed by atoms with Crippen molar-refractivity contribution in [2.24, 2.45) is 0 Å². The number of anilines is 2. The summed E-state index contributed by atoms with van der Waals surface area (Å²) in [6.07, 6.45) is 0.502. The van der Waals surface area contributed by atoms with Crippen LogP contribution in [0, 0.1) is 9.39 Å². The van der Waals surface area contributed by atoms with Crippen LogP contribution in [0.15, 0.2) is 12.1 Å². The first-order chi connectivity index (χ1) is 8.21. The van der Waals surface area contributed by atoms with Crippen LogP contribution in [0.3, 0.4) is 0 Å². The van der Waals surface area contributed by atoms with E-state index in [0.717, 1.165) is 0 Å². The molecule has 0 aromatic heterocycles. The van der Waals surface area contributed by atoms with Crippen LogP contribution in [0.1, 0.15) is 13.3 Å². The zero-order valence-corrected chi connectivity index (χ0v) is 12.8. The topological polar surface area (TPSA) is 72.2 Å². The van der Waals surface area contributed by atoms with Gasteiger partial charge in [-0.25, -0.2) is 12.8 Å². The molecule has 100 valence electrons. The molecule has 7 heteroatoms. The molecule has 0 saturated carbocycles. The van der Waals surface area contributed by atoms with Gasteiger partial charge in [0.2, 0.25) is 0 Å². The van der Waals surface area contributed by atoms with E-state index >= 15 is 0 Å². The number of hydrogen-bond donors (Lipinski definition) is 2. The summed E-state index contributed by atoms with van der Waals surface area (Å²) in [7, 11) is -3.00. The molecule has 1 atom stereocenters. The van der Waals surface area contributed by atoms with Crippen LogP contribution in [-0.2, 0) is 9.84 Å². The zero-order chi connectivity index (χ0) is 13.6. The Labute approximate surface area is 119 Å². The quantitative estimate of drug-likeness (QED) is 0.605. The number of halogens is 2. The Morgan fingerprint density at radius 3 is 2.72 bits per heavy atom. The Hall–Kier alpha value is -0.570. The zero-order valence-electron chi connectivity index (χ0n) is 9.83. The largest absolute Gasteiger partial charge is 0.397 e. The van der Waals surface area contributed by atoms with Gasteiger partial charge in [0.15, 0.2) is 9.84 Å². The van der Waals surface area contributed by atoms with Gasteiger partial charge >= 0.3 is 0 Å². The normalized spacial score (nSPS) is 26.2. The molecule has 1 saturated heterocycles. The molecule has 3 N–H and O–H groups in total. The van der Waals surface area contributed by atoms with Gasteiger partial charge in [-0.15, -0.1) is 0 Å². The number of rotatable bonds is 2. The number of hydrogen-bond acceptors (Lipinski definition) is 4. The molecule has 2 rings (SSSR count). The molecule has 0 spiro atoms. The van der Waals surface area contributed by atoms with Gasteiger partial charge in [0.05, 0.1) is 26.5 Å². The highest BCUT2D eigenvalue weighted by molar-refractivity contribution is 14.1. The predicted molar refractivity (Wildman–Crippen MR) is 78.8 cm³/mol. The molecule has 18 heavy (non-hydrogen) atoms. The van der Waals surface area contributed by atoms with Crippen molar-refractivity contribution in [1.82, 2.24) is 0 Å². The minimum absolute atomic E-state index is 0.0487. The number of benzene rings is 1. The average Bonchev–Trinajstić information content (AvgIpc) is 2.50. The van der Waals surface area contributed by atoms with Crippen LogP contribution >= 0.6 is 22.6 Å². The maximum Gasteiger partial charge on any atom is 0.152 e. The van der Waals surface area contributed by atoms with Crippen LogP contribution in [0.2, 0.25) is 0 Å². The van der Waals surface area contributed by atoms with E-state index in [1.165, 1.54) is 12.1 Å². The van der Waals surface area contributed by atoms with Crippen LogP contribution in [-0.4, -0.2) is 25.5 Å². The molecule has 0 bridgehead atoms. The first-order valence-corrected chi connectivity index (χ1v) is 8.34. The summed E-state index contributed by atoms with van der Waals surface area (Å²) in [6, 6.07) is 2.85. The summed E-state index contributed by atoms with van der Waals surface area (Å²) in [5.41, 5.74) is 6.11. The SMILES string of the molecule is CC1(Nc2cc(F)c(I)cc2N)CCS(=O)(=O)C1. The van der Waals surface area contributed by atoms with Gasteiger partial charge in [-0.1, -0.05) is 0 Å². The number of nitrogen functional groups attached to an aromatic ring is 1. The van der Waals surface area contributed by atoms with Gasteiger partial charge < -0.3 is 11.1 Å². The van der Waals surface area contributed by atoms with Crippen molar-refractivity contribution >= 4 is 43.8 Å². The lowest BCUT2D eigenvalue weighted by Gasteiger charge is -2.26. The summed E-state index contributed by atoms with van der Waals surface area (Å²) >= 11 is 1.86. The summed E-state index contributed by atoms with van der Waals surface area (Å²) in [6.45, 7) is 1.81. The second-order valence-electron chi connectivity index (χ2n) is 4.88. The molecule has 4 nitrogen and oxygen atoms in total. The van der Waals surface area contributed by atoms with E-state index in [-0.39, 0.29) is 17.3 Å². The lowest BCUT2D eigenvalue weighted by molar-refractivity contribution is 0.572. The highest BCUT2D eigenvalue weighted by atomic mass is 127. The fourth-order valence-corrected chi connectivity index (χ4v) is 4.69. The molecule has 1 aliphatic rings. The molecule has 0 aliphatic carbocycles. The predicted octanol–water partition coefficient (Wildman–Crippen LogP) is 2.00. The minimum atomic E-state index is -3.00. The Morgan fingerprint density at radius 1 is 1.50 bits per heavy atom. The smallest absolute Gasteiger partial charge is 0.152 e. The molecule has 1 fully saturated rings. The van der Waals surface area contributed by atoms with Gasteiger partial charge in [0.1, 0.15) is 5.82 Å². The van der Waals surface area contributed by atoms with E-state index in [2.05, 4.69) is 5.32 Å². The van der Waals surface area contributed by atoms with E-state index in [4.69, 9.17) is 5.73 Å². The summed E-state index contributed by atoms with van der Waals surface area (Å²) < 4.78 is 36.9. The fourth-order valence-electron chi connectivity index (χ4n) is 2.10. The van der Waals surface area contributed by atoms with Crippen molar-refractivity contribution in [3.05, 3.63) is 21.5 Å². The first kappa shape index (κ1) is 13.9. The van der Waals surface area contributed by atoms with E-state index in [0.29, 0.717) is 21.4 Å². The molecular formula is C11H14FIN2O2S. The van der Waals surface area contributed by atoms with Crippen molar-refractivity contribution in [2.75, 3.05) is 22.6 Å². The van der Waals surface area contributed by atoms with Crippen LogP contribution in [0.25, 0.3) is 0 Å². The van der Waals surface area contributed by atoms with Gasteiger partial charge in [0.25, 0.3) is 0 Å². The van der Waals surface area contributed by atoms with Gasteiger partial charge in [0, 0.05) is 11.6 Å². The van der Waals surface area contributed by atoms with Gasteiger partial charge in [-0.2, -0.15) is 0 Å². The maximum absolute atomic E-state index is 13.5. The highest BCUT2D eigenvalue weighted by Gasteiger charge is 2.38. The Kier molecular flexibility index (Phi) is 3.48. The monoisotopic (exact) mass is 384 g/mol. The van der Waals surface area contributed by atoms with E-state index in [9.17, 15) is 12.8 Å². The molecule has 0 radical (unpaired) electrons. The van der Waals surface area contributed by atoms with Crippen molar-refractivity contribution in [3.63, 3.8) is 0 Å². The number of nitrogens with one attached hydrogen (secondary N) is 1. The molecular weight excluding hydrogens is 370 g/mol. The van der Waals surface area contributed by atoms with Crippen molar-refractivity contribution < 1.29 is 12.8 Å². The molecule has 1 aromatic carbocycles. The highest BCUT2D eigenvalue weighted by Crippen LogP contribution is 2.31. The van der Waals surface area contributed by atoms with Crippen molar-refractivity contribution in [3.8, 4) is 0 Å². The van der Waals surface area contributed by atoms with Crippen LogP contribution in [0.4, 0.5) is 15.8 Å². The summed E-state index contributed by atoms with van der Waals surface area (Å²) in [5.74, 6) is -0.159. The molecule has 1 aromatic rings. The molecule has 0 amide bonds. The number of sulfone groups is 1. The van der Waals surface area contributed by atoms with E-state index in [1.807, 2.05) is 29.5 Å². The molecule has 1 heterocycles. The number of nitrogens with two attached hydrogens (primary N) is 1. The van der Waals surface area contributed by atoms with Crippen LogP contribution in [0.5, 0.6) is 0 Å². The second-order valence-corrected chi connectivity index (χ2v) is 8.23. The van der Waals surface area contributed by atoms with E-state index in [1.54, 1.807) is 0 Å². The Balaban J connectivity index is 2.28. The fraction of sp³-hybridized carbons (Fsp3) is 0.455. The standard InChI is InChI=1S/C11H14FIN2O2S/c1-11(2-3-18(16,17)6-11)15-10-4-7(12)8(13)5-9(10)14/h4-5,15H,2-3,6,14H2,1H3. The van der Waals surface area contributed by atoms with Gasteiger partial charge in [-0.05, 0) is 42.0 Å². The maximum atomic E-state index is 13.5. The summed E-state index contributed by atoms with van der Waals surface area (Å²) in [5, 5.41) is 3.06. The van der Waals surface area contributed by atoms with Crippen LogP contribution < -0.4 is 11.1 Å². The Bertz CT molecular complexity index is 591. The van der Waals surface area contributed by atoms with Crippen molar-refractivity contribution in [1.29, 1.82) is 0 Å². The Morgan fingerprint density at radius 2 is 2.17 bits per heavy atom.